The molecule has 1 amide bonds. The number of aromatic nitrogens is 3. The summed E-state index contributed by atoms with van der Waals surface area (Å²) in [5.74, 6) is 1.55. The monoisotopic (exact) mass is 380 g/mol. The minimum Gasteiger partial charge on any atom is -0.325 e. The first-order valence-electron chi connectivity index (χ1n) is 9.06. The number of rotatable bonds is 7. The van der Waals surface area contributed by atoms with Crippen LogP contribution in [0.25, 0.3) is 11.4 Å². The van der Waals surface area contributed by atoms with Gasteiger partial charge in [0.25, 0.3) is 0 Å². The van der Waals surface area contributed by atoms with Crippen LogP contribution in [0.4, 0.5) is 5.69 Å². The molecule has 0 unspecified atom stereocenters. The third-order valence-electron chi connectivity index (χ3n) is 4.58. The van der Waals surface area contributed by atoms with Gasteiger partial charge >= 0.3 is 0 Å². The second-order valence-electron chi connectivity index (χ2n) is 6.50. The first-order valence-corrected chi connectivity index (χ1v) is 10.0. The number of hydrogen-bond donors (Lipinski definition) is 1. The Labute approximate surface area is 164 Å². The van der Waals surface area contributed by atoms with E-state index in [9.17, 15) is 4.79 Å². The highest BCUT2D eigenvalue weighted by molar-refractivity contribution is 7.99. The average molecular weight is 381 g/mol. The average Bonchev–Trinajstić information content (AvgIpc) is 3.07. The summed E-state index contributed by atoms with van der Waals surface area (Å²) in [5.41, 5.74) is 3.11. The van der Waals surface area contributed by atoms with Crippen molar-refractivity contribution in [1.82, 2.24) is 14.8 Å². The summed E-state index contributed by atoms with van der Waals surface area (Å²) in [6.07, 6.45) is 1.10. The van der Waals surface area contributed by atoms with Gasteiger partial charge in [-0.2, -0.15) is 0 Å². The highest BCUT2D eigenvalue weighted by Gasteiger charge is 2.13. The molecule has 1 aromatic heterocycles. The zero-order valence-electron chi connectivity index (χ0n) is 15.8. The highest BCUT2D eigenvalue weighted by atomic mass is 32.2. The Balaban J connectivity index is 1.57. The van der Waals surface area contributed by atoms with E-state index in [2.05, 4.69) is 41.5 Å². The maximum absolute atomic E-state index is 12.3. The van der Waals surface area contributed by atoms with Crippen LogP contribution in [0.5, 0.6) is 0 Å². The highest BCUT2D eigenvalue weighted by Crippen LogP contribution is 2.23. The Morgan fingerprint density at radius 2 is 1.81 bits per heavy atom. The molecule has 0 radical (unpaired) electrons. The Hall–Kier alpha value is -2.60. The maximum atomic E-state index is 12.3. The van der Waals surface area contributed by atoms with Crippen molar-refractivity contribution in [2.24, 2.45) is 7.05 Å². The molecule has 0 spiro atoms. The lowest BCUT2D eigenvalue weighted by Crippen LogP contribution is -2.14. The number of anilines is 1. The van der Waals surface area contributed by atoms with E-state index in [1.807, 2.05) is 54.1 Å². The van der Waals surface area contributed by atoms with Crippen LogP contribution in [0.1, 0.15) is 31.7 Å². The van der Waals surface area contributed by atoms with Gasteiger partial charge in [0.05, 0.1) is 5.75 Å². The number of thioether (sulfide) groups is 1. The summed E-state index contributed by atoms with van der Waals surface area (Å²) in [5, 5.41) is 12.1. The Kier molecular flexibility index (Phi) is 6.29. The summed E-state index contributed by atoms with van der Waals surface area (Å²) in [6, 6.07) is 18.0. The number of amides is 1. The summed E-state index contributed by atoms with van der Waals surface area (Å²) >= 11 is 1.38. The van der Waals surface area contributed by atoms with E-state index >= 15 is 0 Å². The normalized spacial score (nSPS) is 12.0. The number of nitrogens with zero attached hydrogens (tertiary/aromatic N) is 3. The van der Waals surface area contributed by atoms with Gasteiger partial charge in [-0.05, 0) is 30.0 Å². The van der Waals surface area contributed by atoms with E-state index in [1.54, 1.807) is 0 Å². The van der Waals surface area contributed by atoms with E-state index in [4.69, 9.17) is 0 Å². The van der Waals surface area contributed by atoms with Crippen LogP contribution in [-0.4, -0.2) is 26.4 Å². The SMILES string of the molecule is CC[C@H](C)c1ccc(NC(=O)CSc2nnc(-c3ccccc3)n2C)cc1. The van der Waals surface area contributed by atoms with Gasteiger partial charge in [-0.25, -0.2) is 0 Å². The van der Waals surface area contributed by atoms with Crippen LogP contribution >= 0.6 is 11.8 Å². The van der Waals surface area contributed by atoms with Crippen molar-refractivity contribution in [2.75, 3.05) is 11.1 Å². The molecule has 3 aromatic rings. The zero-order chi connectivity index (χ0) is 19.2. The molecule has 0 aliphatic rings. The molecule has 1 atom stereocenters. The molecule has 0 aliphatic carbocycles. The minimum absolute atomic E-state index is 0.0550. The van der Waals surface area contributed by atoms with Gasteiger partial charge in [0, 0.05) is 18.3 Å². The standard InChI is InChI=1S/C21H24N4OS/c1-4-15(2)16-10-12-18(13-11-16)22-19(26)14-27-21-24-23-20(25(21)3)17-8-6-5-7-9-17/h5-13,15H,4,14H2,1-3H3,(H,22,26)/t15-/m0/s1. The summed E-state index contributed by atoms with van der Waals surface area (Å²) in [4.78, 5) is 12.3. The van der Waals surface area contributed by atoms with E-state index < -0.39 is 0 Å². The van der Waals surface area contributed by atoms with Gasteiger partial charge in [-0.1, -0.05) is 68.1 Å². The molecule has 0 aliphatic heterocycles. The summed E-state index contributed by atoms with van der Waals surface area (Å²) in [6.45, 7) is 4.38. The molecule has 3 rings (SSSR count). The number of carbonyl (C=O) groups is 1. The van der Waals surface area contributed by atoms with Crippen LogP contribution in [0.2, 0.25) is 0 Å². The van der Waals surface area contributed by atoms with Crippen molar-refractivity contribution in [3.05, 3.63) is 60.2 Å². The van der Waals surface area contributed by atoms with Crippen molar-refractivity contribution in [2.45, 2.75) is 31.3 Å². The molecule has 1 N–H and O–H groups in total. The lowest BCUT2D eigenvalue weighted by Gasteiger charge is -2.10. The minimum atomic E-state index is -0.0550. The predicted molar refractivity (Wildman–Crippen MR) is 111 cm³/mol. The second kappa shape index (κ2) is 8.86. The predicted octanol–water partition coefficient (Wildman–Crippen LogP) is 4.73. The summed E-state index contributed by atoms with van der Waals surface area (Å²) in [7, 11) is 1.91. The molecule has 27 heavy (non-hydrogen) atoms. The van der Waals surface area contributed by atoms with Crippen molar-refractivity contribution < 1.29 is 4.79 Å². The van der Waals surface area contributed by atoms with E-state index in [0.717, 1.165) is 28.7 Å². The van der Waals surface area contributed by atoms with Gasteiger partial charge in [-0.3, -0.25) is 4.79 Å². The fraction of sp³-hybridized carbons (Fsp3) is 0.286. The van der Waals surface area contributed by atoms with Crippen LogP contribution < -0.4 is 5.32 Å². The molecule has 0 saturated heterocycles. The Bertz CT molecular complexity index is 890. The first kappa shape index (κ1) is 19.2. The molecule has 1 heterocycles. The fourth-order valence-corrected chi connectivity index (χ4v) is 3.45. The van der Waals surface area contributed by atoms with Crippen molar-refractivity contribution >= 4 is 23.4 Å². The van der Waals surface area contributed by atoms with Gasteiger partial charge < -0.3 is 9.88 Å². The van der Waals surface area contributed by atoms with E-state index in [-0.39, 0.29) is 11.7 Å². The lowest BCUT2D eigenvalue weighted by atomic mass is 9.99. The number of nitrogens with one attached hydrogen (secondary N) is 1. The van der Waals surface area contributed by atoms with Gasteiger partial charge in [0.1, 0.15) is 0 Å². The molecule has 5 nitrogen and oxygen atoms in total. The topological polar surface area (TPSA) is 59.8 Å². The smallest absolute Gasteiger partial charge is 0.234 e. The molecule has 140 valence electrons. The van der Waals surface area contributed by atoms with E-state index in [1.165, 1.54) is 17.3 Å². The van der Waals surface area contributed by atoms with Crippen LogP contribution in [0.3, 0.4) is 0 Å². The molecular formula is C21H24N4OS. The fourth-order valence-electron chi connectivity index (χ4n) is 2.74. The number of carbonyl (C=O) groups excluding carboxylic acids is 1. The lowest BCUT2D eigenvalue weighted by molar-refractivity contribution is -0.113. The van der Waals surface area contributed by atoms with E-state index in [0.29, 0.717) is 5.92 Å². The molecule has 0 bridgehead atoms. The zero-order valence-corrected chi connectivity index (χ0v) is 16.7. The van der Waals surface area contributed by atoms with Gasteiger partial charge in [0.15, 0.2) is 11.0 Å². The first-order chi connectivity index (χ1) is 13.1. The molecule has 0 fully saturated rings. The summed E-state index contributed by atoms with van der Waals surface area (Å²) < 4.78 is 1.91. The van der Waals surface area contributed by atoms with Crippen LogP contribution in [0, 0.1) is 0 Å². The van der Waals surface area contributed by atoms with Crippen LogP contribution in [-0.2, 0) is 11.8 Å². The van der Waals surface area contributed by atoms with Gasteiger partial charge in [0.2, 0.25) is 5.91 Å². The Morgan fingerprint density at radius 3 is 2.48 bits per heavy atom. The third-order valence-corrected chi connectivity index (χ3v) is 5.60. The largest absolute Gasteiger partial charge is 0.325 e. The van der Waals surface area contributed by atoms with Crippen molar-refractivity contribution in [3.8, 4) is 11.4 Å². The third kappa shape index (κ3) is 4.77. The van der Waals surface area contributed by atoms with Crippen molar-refractivity contribution in [1.29, 1.82) is 0 Å². The number of benzene rings is 2. The molecule has 2 aromatic carbocycles. The van der Waals surface area contributed by atoms with Crippen LogP contribution in [0.15, 0.2) is 59.8 Å². The quantitative estimate of drug-likeness (QED) is 0.602. The van der Waals surface area contributed by atoms with Crippen molar-refractivity contribution in [3.63, 3.8) is 0 Å². The molecule has 6 heteroatoms. The second-order valence-corrected chi connectivity index (χ2v) is 7.44. The number of hydrogen-bond acceptors (Lipinski definition) is 4. The molecule has 0 saturated carbocycles. The maximum Gasteiger partial charge on any atom is 0.234 e. The Morgan fingerprint density at radius 1 is 1.11 bits per heavy atom. The molecular weight excluding hydrogens is 356 g/mol. The van der Waals surface area contributed by atoms with Gasteiger partial charge in [-0.15, -0.1) is 10.2 Å².